The summed E-state index contributed by atoms with van der Waals surface area (Å²) in [4.78, 5) is 24.7. The number of benzene rings is 2. The van der Waals surface area contributed by atoms with Crippen molar-refractivity contribution in [1.82, 2.24) is 0 Å². The van der Waals surface area contributed by atoms with Crippen molar-refractivity contribution in [2.75, 3.05) is 25.6 Å². The molecule has 1 heterocycles. The summed E-state index contributed by atoms with van der Waals surface area (Å²) in [7, 11) is 1.40. The number of amides is 1. The summed E-state index contributed by atoms with van der Waals surface area (Å²) in [6, 6.07) is 6.92. The Kier molecular flexibility index (Phi) is 6.04. The maximum atomic E-state index is 12.8. The number of rotatable bonds is 5. The molecule has 0 aromatic heterocycles. The van der Waals surface area contributed by atoms with Crippen LogP contribution in [0, 0.1) is 0 Å². The average Bonchev–Trinajstić information content (AvgIpc) is 2.72. The lowest BCUT2D eigenvalue weighted by Crippen LogP contribution is -2.30. The molecule has 2 aromatic carbocycles. The number of carbonyl (C=O) groups excluding carboxylic acids is 2. The molecule has 0 bridgehead atoms. The van der Waals surface area contributed by atoms with Gasteiger partial charge >= 0.3 is 12.1 Å². The first-order chi connectivity index (χ1) is 14.2. The first-order valence-corrected chi connectivity index (χ1v) is 8.86. The van der Waals surface area contributed by atoms with Crippen molar-refractivity contribution in [2.24, 2.45) is 0 Å². The predicted molar refractivity (Wildman–Crippen MR) is 98.9 cm³/mol. The number of hydrogen-bond acceptors (Lipinski definition) is 6. The first kappa shape index (κ1) is 21.3. The number of hydrogen-bond donors (Lipinski definition) is 1. The molecule has 1 amide bonds. The number of alkyl halides is 3. The zero-order valence-electron chi connectivity index (χ0n) is 16.0. The molecule has 1 unspecified atom stereocenters. The highest BCUT2D eigenvalue weighted by Gasteiger charge is 2.31. The molecule has 0 radical (unpaired) electrons. The van der Waals surface area contributed by atoms with Crippen molar-refractivity contribution in [2.45, 2.75) is 19.2 Å². The van der Waals surface area contributed by atoms with Gasteiger partial charge in [-0.3, -0.25) is 4.79 Å². The van der Waals surface area contributed by atoms with Gasteiger partial charge < -0.3 is 24.3 Å². The first-order valence-electron chi connectivity index (χ1n) is 8.86. The minimum absolute atomic E-state index is 0.0646. The molecule has 1 N–H and O–H groups in total. The summed E-state index contributed by atoms with van der Waals surface area (Å²) in [5.41, 5.74) is -0.915. The van der Waals surface area contributed by atoms with Crippen LogP contribution in [0.15, 0.2) is 36.4 Å². The molecule has 0 fully saturated rings. The van der Waals surface area contributed by atoms with E-state index >= 15 is 0 Å². The van der Waals surface area contributed by atoms with E-state index in [-0.39, 0.29) is 17.0 Å². The van der Waals surface area contributed by atoms with Crippen molar-refractivity contribution >= 4 is 17.6 Å². The number of esters is 1. The van der Waals surface area contributed by atoms with E-state index in [2.05, 4.69) is 5.32 Å². The number of carbonyl (C=O) groups is 2. The topological polar surface area (TPSA) is 83.1 Å². The maximum absolute atomic E-state index is 12.8. The van der Waals surface area contributed by atoms with Crippen LogP contribution in [0.1, 0.15) is 22.8 Å². The summed E-state index contributed by atoms with van der Waals surface area (Å²) in [5, 5.41) is 2.30. The molecule has 1 atom stereocenters. The second-order valence-electron chi connectivity index (χ2n) is 6.32. The highest BCUT2D eigenvalue weighted by molar-refractivity contribution is 5.97. The highest BCUT2D eigenvalue weighted by Crippen LogP contribution is 2.40. The van der Waals surface area contributed by atoms with Crippen molar-refractivity contribution in [3.8, 4) is 17.2 Å². The molecule has 160 valence electrons. The fraction of sp³-hybridized carbons (Fsp3) is 0.300. The van der Waals surface area contributed by atoms with E-state index < -0.39 is 29.7 Å². The molecule has 0 saturated heterocycles. The third kappa shape index (κ3) is 4.76. The van der Waals surface area contributed by atoms with E-state index in [1.807, 2.05) is 0 Å². The Balaban J connectivity index is 1.69. The Morgan fingerprint density at radius 1 is 1.13 bits per heavy atom. The predicted octanol–water partition coefficient (Wildman–Crippen LogP) is 3.67. The largest absolute Gasteiger partial charge is 0.493 e. The van der Waals surface area contributed by atoms with Gasteiger partial charge in [0.25, 0.3) is 5.91 Å². The highest BCUT2D eigenvalue weighted by atomic mass is 19.4. The number of nitrogens with one attached hydrogen (secondary N) is 1. The average molecular weight is 425 g/mol. The fourth-order valence-electron chi connectivity index (χ4n) is 2.69. The zero-order chi connectivity index (χ0) is 21.9. The van der Waals surface area contributed by atoms with Crippen LogP contribution in [0.2, 0.25) is 0 Å². The van der Waals surface area contributed by atoms with Crippen LogP contribution < -0.4 is 19.5 Å². The van der Waals surface area contributed by atoms with Crippen LogP contribution in [-0.2, 0) is 15.7 Å². The Morgan fingerprint density at radius 2 is 1.87 bits per heavy atom. The second-order valence-corrected chi connectivity index (χ2v) is 6.32. The molecular weight excluding hydrogens is 407 g/mol. The summed E-state index contributed by atoms with van der Waals surface area (Å²) in [6.07, 6.45) is -5.82. The zero-order valence-corrected chi connectivity index (χ0v) is 16.0. The lowest BCUT2D eigenvalue weighted by atomic mass is 10.1. The number of anilines is 1. The van der Waals surface area contributed by atoms with Crippen LogP contribution in [0.25, 0.3) is 0 Å². The molecule has 3 rings (SSSR count). The van der Waals surface area contributed by atoms with Gasteiger partial charge in [0.2, 0.25) is 5.75 Å². The smallest absolute Gasteiger partial charge is 0.416 e. The van der Waals surface area contributed by atoms with E-state index in [1.54, 1.807) is 0 Å². The SMILES string of the molecule is COc1cc(C(=O)OC(C)C(=O)Nc2cccc(C(F)(F)F)c2)cc2c1OCCO2. The van der Waals surface area contributed by atoms with E-state index in [4.69, 9.17) is 18.9 Å². The van der Waals surface area contributed by atoms with E-state index in [0.717, 1.165) is 18.2 Å². The molecule has 0 saturated carbocycles. The summed E-state index contributed by atoms with van der Waals surface area (Å²) >= 11 is 0. The van der Waals surface area contributed by atoms with Crippen molar-refractivity contribution in [1.29, 1.82) is 0 Å². The summed E-state index contributed by atoms with van der Waals surface area (Å²) < 4.78 is 59.6. The molecule has 10 heteroatoms. The minimum atomic E-state index is -4.55. The van der Waals surface area contributed by atoms with Crippen molar-refractivity contribution < 1.29 is 41.7 Å². The van der Waals surface area contributed by atoms with Gasteiger partial charge in [-0.15, -0.1) is 0 Å². The molecule has 7 nitrogen and oxygen atoms in total. The van der Waals surface area contributed by atoms with Crippen LogP contribution in [0.3, 0.4) is 0 Å². The Morgan fingerprint density at radius 3 is 2.57 bits per heavy atom. The van der Waals surface area contributed by atoms with E-state index in [0.29, 0.717) is 24.7 Å². The molecule has 1 aliphatic rings. The Labute approximate surface area is 169 Å². The van der Waals surface area contributed by atoms with Crippen molar-refractivity contribution in [3.05, 3.63) is 47.5 Å². The Bertz CT molecular complexity index is 943. The Hall–Kier alpha value is -3.43. The summed E-state index contributed by atoms with van der Waals surface area (Å²) in [5.74, 6) is -0.700. The standard InChI is InChI=1S/C20H18F3NO6/c1-11(18(25)24-14-5-3-4-13(10-14)20(21,22)23)30-19(26)12-8-15(27-2)17-16(9-12)28-6-7-29-17/h3-5,8-11H,6-7H2,1-2H3,(H,24,25). The maximum Gasteiger partial charge on any atom is 0.416 e. The van der Waals surface area contributed by atoms with Gasteiger partial charge in [-0.25, -0.2) is 4.79 Å². The minimum Gasteiger partial charge on any atom is -0.493 e. The number of methoxy groups -OCH3 is 1. The summed E-state index contributed by atoms with van der Waals surface area (Å²) in [6.45, 7) is 1.93. The lowest BCUT2D eigenvalue weighted by molar-refractivity contribution is -0.137. The molecule has 2 aromatic rings. The van der Waals surface area contributed by atoms with Gasteiger partial charge in [-0.05, 0) is 37.3 Å². The van der Waals surface area contributed by atoms with Gasteiger partial charge in [0, 0.05) is 5.69 Å². The third-order valence-electron chi connectivity index (χ3n) is 4.17. The molecule has 0 aliphatic carbocycles. The number of ether oxygens (including phenoxy) is 4. The van der Waals surface area contributed by atoms with E-state index in [9.17, 15) is 22.8 Å². The van der Waals surface area contributed by atoms with Gasteiger partial charge in [0.05, 0.1) is 18.2 Å². The van der Waals surface area contributed by atoms with Gasteiger partial charge in [-0.1, -0.05) is 6.07 Å². The number of halogens is 3. The van der Waals surface area contributed by atoms with Crippen LogP contribution in [-0.4, -0.2) is 38.3 Å². The quantitative estimate of drug-likeness (QED) is 0.737. The second kappa shape index (κ2) is 8.52. The fourth-order valence-corrected chi connectivity index (χ4v) is 2.69. The van der Waals surface area contributed by atoms with Gasteiger partial charge in [0.15, 0.2) is 17.6 Å². The molecule has 1 aliphatic heterocycles. The molecule has 0 spiro atoms. The monoisotopic (exact) mass is 425 g/mol. The normalized spacial score (nSPS) is 13.9. The van der Waals surface area contributed by atoms with Crippen LogP contribution >= 0.6 is 0 Å². The van der Waals surface area contributed by atoms with Gasteiger partial charge in [-0.2, -0.15) is 13.2 Å². The van der Waals surface area contributed by atoms with Crippen LogP contribution in [0.4, 0.5) is 18.9 Å². The lowest BCUT2D eigenvalue weighted by Gasteiger charge is -2.21. The van der Waals surface area contributed by atoms with Gasteiger partial charge in [0.1, 0.15) is 13.2 Å². The third-order valence-corrected chi connectivity index (χ3v) is 4.17. The number of fused-ring (bicyclic) bond motifs is 1. The van der Waals surface area contributed by atoms with Crippen LogP contribution in [0.5, 0.6) is 17.2 Å². The van der Waals surface area contributed by atoms with E-state index in [1.165, 1.54) is 32.2 Å². The molecule has 30 heavy (non-hydrogen) atoms. The van der Waals surface area contributed by atoms with Crippen molar-refractivity contribution in [3.63, 3.8) is 0 Å². The molecular formula is C20H18F3NO6.